The first-order valence-corrected chi connectivity index (χ1v) is 8.91. The summed E-state index contributed by atoms with van der Waals surface area (Å²) < 4.78 is 0. The maximum Gasteiger partial charge on any atom is 0.257 e. The van der Waals surface area contributed by atoms with Gasteiger partial charge in [-0.05, 0) is 61.2 Å². The van der Waals surface area contributed by atoms with Gasteiger partial charge in [0.1, 0.15) is 0 Å². The van der Waals surface area contributed by atoms with Gasteiger partial charge in [-0.15, -0.1) is 11.3 Å². The minimum Gasteiger partial charge on any atom is -0.392 e. The fraction of sp³-hybridized carbons (Fsp3) is 0.200. The molecule has 3 rings (SSSR count). The lowest BCUT2D eigenvalue weighted by atomic mass is 9.99. The van der Waals surface area contributed by atoms with Crippen LogP contribution < -0.4 is 5.32 Å². The summed E-state index contributed by atoms with van der Waals surface area (Å²) in [5.74, 6) is -0.206. The number of anilines is 1. The number of aromatic nitrogens is 1. The van der Waals surface area contributed by atoms with Crippen LogP contribution in [0.15, 0.2) is 41.8 Å². The molecule has 0 aliphatic carbocycles. The van der Waals surface area contributed by atoms with Crippen LogP contribution in [0, 0.1) is 20.8 Å². The first-order valence-electron chi connectivity index (χ1n) is 8.03. The van der Waals surface area contributed by atoms with E-state index in [0.717, 1.165) is 16.8 Å². The van der Waals surface area contributed by atoms with Crippen molar-refractivity contribution in [2.75, 3.05) is 5.32 Å². The number of hydrogen-bond acceptors (Lipinski definition) is 4. The number of thiazole rings is 1. The SMILES string of the molecule is Cc1cc(C)c(-c2csc(NC(=O)c3ccc(CO)cc3)n2)cc1C. The molecule has 0 fully saturated rings. The van der Waals surface area contributed by atoms with Crippen molar-refractivity contribution in [3.8, 4) is 11.3 Å². The highest BCUT2D eigenvalue weighted by atomic mass is 32.1. The summed E-state index contributed by atoms with van der Waals surface area (Å²) in [6.45, 7) is 6.22. The number of nitrogens with zero attached hydrogens (tertiary/aromatic N) is 1. The molecule has 0 aliphatic rings. The topological polar surface area (TPSA) is 62.2 Å². The number of rotatable bonds is 4. The molecule has 0 saturated heterocycles. The Hall–Kier alpha value is -2.50. The molecule has 0 bridgehead atoms. The Bertz CT molecular complexity index is 914. The Kier molecular flexibility index (Phi) is 4.97. The standard InChI is InChI=1S/C20H20N2O2S/c1-12-8-14(3)17(9-13(12)2)18-11-25-20(21-18)22-19(24)16-6-4-15(10-23)5-7-16/h4-9,11,23H,10H2,1-3H3,(H,21,22,24). The predicted octanol–water partition coefficient (Wildman–Crippen LogP) is 4.48. The quantitative estimate of drug-likeness (QED) is 0.728. The number of amides is 1. The number of aliphatic hydroxyl groups is 1. The van der Waals surface area contributed by atoms with Crippen molar-refractivity contribution >= 4 is 22.4 Å². The third-order valence-corrected chi connectivity index (χ3v) is 5.00. The summed E-state index contributed by atoms with van der Waals surface area (Å²) >= 11 is 1.41. The summed E-state index contributed by atoms with van der Waals surface area (Å²) in [5, 5.41) is 14.4. The number of nitrogens with one attached hydrogen (secondary N) is 1. The zero-order valence-electron chi connectivity index (χ0n) is 14.5. The Morgan fingerprint density at radius 2 is 1.76 bits per heavy atom. The van der Waals surface area contributed by atoms with Crippen molar-refractivity contribution < 1.29 is 9.90 Å². The fourth-order valence-corrected chi connectivity index (χ4v) is 3.33. The van der Waals surface area contributed by atoms with E-state index in [2.05, 4.69) is 43.2 Å². The van der Waals surface area contributed by atoms with Crippen LogP contribution in [-0.2, 0) is 6.61 Å². The Morgan fingerprint density at radius 1 is 1.08 bits per heavy atom. The lowest BCUT2D eigenvalue weighted by molar-refractivity contribution is 0.102. The van der Waals surface area contributed by atoms with E-state index in [1.54, 1.807) is 24.3 Å². The van der Waals surface area contributed by atoms with Crippen LogP contribution in [0.4, 0.5) is 5.13 Å². The minimum absolute atomic E-state index is 0.0347. The lowest BCUT2D eigenvalue weighted by Crippen LogP contribution is -2.11. The summed E-state index contributed by atoms with van der Waals surface area (Å²) in [6.07, 6.45) is 0. The Balaban J connectivity index is 1.79. The van der Waals surface area contributed by atoms with Gasteiger partial charge in [-0.3, -0.25) is 10.1 Å². The van der Waals surface area contributed by atoms with E-state index in [0.29, 0.717) is 10.7 Å². The van der Waals surface area contributed by atoms with Gasteiger partial charge in [0.2, 0.25) is 0 Å². The Labute approximate surface area is 151 Å². The average molecular weight is 352 g/mol. The van der Waals surface area contributed by atoms with Gasteiger partial charge < -0.3 is 5.11 Å². The van der Waals surface area contributed by atoms with Crippen molar-refractivity contribution in [1.29, 1.82) is 0 Å². The maximum absolute atomic E-state index is 12.3. The molecule has 0 radical (unpaired) electrons. The molecule has 3 aromatic rings. The monoisotopic (exact) mass is 352 g/mol. The van der Waals surface area contributed by atoms with E-state index in [1.807, 2.05) is 5.38 Å². The van der Waals surface area contributed by atoms with E-state index >= 15 is 0 Å². The van der Waals surface area contributed by atoms with Crippen LogP contribution in [0.3, 0.4) is 0 Å². The van der Waals surface area contributed by atoms with Gasteiger partial charge in [0.25, 0.3) is 5.91 Å². The normalized spacial score (nSPS) is 10.7. The van der Waals surface area contributed by atoms with Gasteiger partial charge >= 0.3 is 0 Å². The second-order valence-electron chi connectivity index (χ2n) is 6.10. The van der Waals surface area contributed by atoms with E-state index in [4.69, 9.17) is 5.11 Å². The van der Waals surface area contributed by atoms with Crippen LogP contribution in [0.2, 0.25) is 0 Å². The van der Waals surface area contributed by atoms with E-state index in [-0.39, 0.29) is 12.5 Å². The van der Waals surface area contributed by atoms with Gasteiger partial charge in [-0.25, -0.2) is 4.98 Å². The van der Waals surface area contributed by atoms with Crippen molar-refractivity contribution in [1.82, 2.24) is 4.98 Å². The highest BCUT2D eigenvalue weighted by molar-refractivity contribution is 7.14. The summed E-state index contributed by atoms with van der Waals surface area (Å²) in [5.41, 5.74) is 6.93. The predicted molar refractivity (Wildman–Crippen MR) is 102 cm³/mol. The number of benzene rings is 2. The molecule has 0 spiro atoms. The smallest absolute Gasteiger partial charge is 0.257 e. The summed E-state index contributed by atoms with van der Waals surface area (Å²) in [7, 11) is 0. The zero-order chi connectivity index (χ0) is 18.0. The van der Waals surface area contributed by atoms with E-state index in [1.165, 1.54) is 28.0 Å². The first-order chi connectivity index (χ1) is 12.0. The third kappa shape index (κ3) is 3.78. The molecule has 0 atom stereocenters. The lowest BCUT2D eigenvalue weighted by Gasteiger charge is -2.07. The summed E-state index contributed by atoms with van der Waals surface area (Å²) in [4.78, 5) is 16.9. The van der Waals surface area contributed by atoms with Crippen molar-refractivity contribution in [2.24, 2.45) is 0 Å². The number of aryl methyl sites for hydroxylation is 3. The number of aliphatic hydroxyl groups excluding tert-OH is 1. The molecule has 0 aliphatic heterocycles. The van der Waals surface area contributed by atoms with Gasteiger partial charge in [0.15, 0.2) is 5.13 Å². The highest BCUT2D eigenvalue weighted by Crippen LogP contribution is 2.29. The molecule has 5 heteroatoms. The molecule has 1 aromatic heterocycles. The molecule has 2 N–H and O–H groups in total. The van der Waals surface area contributed by atoms with Gasteiger partial charge in [-0.2, -0.15) is 0 Å². The highest BCUT2D eigenvalue weighted by Gasteiger charge is 2.12. The van der Waals surface area contributed by atoms with Crippen molar-refractivity contribution in [3.05, 3.63) is 69.6 Å². The van der Waals surface area contributed by atoms with Gasteiger partial charge in [0, 0.05) is 16.5 Å². The molecule has 4 nitrogen and oxygen atoms in total. The minimum atomic E-state index is -0.206. The molecule has 2 aromatic carbocycles. The second kappa shape index (κ2) is 7.17. The van der Waals surface area contributed by atoms with Crippen LogP contribution in [-0.4, -0.2) is 16.0 Å². The molecule has 25 heavy (non-hydrogen) atoms. The number of carbonyl (C=O) groups excluding carboxylic acids is 1. The second-order valence-corrected chi connectivity index (χ2v) is 6.96. The molecule has 128 valence electrons. The first kappa shape index (κ1) is 17.3. The molecule has 0 saturated carbocycles. The molecule has 1 heterocycles. The zero-order valence-corrected chi connectivity index (χ0v) is 15.3. The molecular weight excluding hydrogens is 332 g/mol. The average Bonchev–Trinajstić information content (AvgIpc) is 3.06. The van der Waals surface area contributed by atoms with Crippen LogP contribution >= 0.6 is 11.3 Å². The largest absolute Gasteiger partial charge is 0.392 e. The third-order valence-electron chi connectivity index (χ3n) is 4.24. The molecule has 0 unspecified atom stereocenters. The molecular formula is C20H20N2O2S. The number of carbonyl (C=O) groups is 1. The Morgan fingerprint density at radius 3 is 2.44 bits per heavy atom. The number of hydrogen-bond donors (Lipinski definition) is 2. The van der Waals surface area contributed by atoms with Crippen LogP contribution in [0.25, 0.3) is 11.3 Å². The van der Waals surface area contributed by atoms with Crippen LogP contribution in [0.5, 0.6) is 0 Å². The van der Waals surface area contributed by atoms with E-state index < -0.39 is 0 Å². The molecule has 1 amide bonds. The van der Waals surface area contributed by atoms with Gasteiger partial charge in [0.05, 0.1) is 12.3 Å². The fourth-order valence-electron chi connectivity index (χ4n) is 2.62. The van der Waals surface area contributed by atoms with E-state index in [9.17, 15) is 4.79 Å². The van der Waals surface area contributed by atoms with Crippen molar-refractivity contribution in [3.63, 3.8) is 0 Å². The van der Waals surface area contributed by atoms with Gasteiger partial charge in [-0.1, -0.05) is 18.2 Å². The summed E-state index contributed by atoms with van der Waals surface area (Å²) in [6, 6.07) is 11.2. The maximum atomic E-state index is 12.3. The van der Waals surface area contributed by atoms with Crippen molar-refractivity contribution in [2.45, 2.75) is 27.4 Å². The van der Waals surface area contributed by atoms with Crippen LogP contribution in [0.1, 0.15) is 32.6 Å².